The Labute approximate surface area is 303 Å². The van der Waals surface area contributed by atoms with Crippen molar-refractivity contribution in [2.45, 2.75) is 51.2 Å². The Morgan fingerprint density at radius 2 is 1.75 bits per heavy atom. The van der Waals surface area contributed by atoms with Gasteiger partial charge in [-0.15, -0.1) is 0 Å². The van der Waals surface area contributed by atoms with Gasteiger partial charge >= 0.3 is 5.97 Å². The Hall–Kier alpha value is -5.13. The van der Waals surface area contributed by atoms with Crippen LogP contribution in [-0.2, 0) is 6.54 Å². The summed E-state index contributed by atoms with van der Waals surface area (Å²) in [4.78, 5) is 26.7. The minimum absolute atomic E-state index is 0.0332. The molecule has 3 aromatic carbocycles. The molecular formula is C41H46FN5O5. The molecule has 2 N–H and O–H groups in total. The second-order valence-corrected chi connectivity index (χ2v) is 14.0. The van der Waals surface area contributed by atoms with E-state index < -0.39 is 11.8 Å². The first-order valence-electron chi connectivity index (χ1n) is 17.9. The number of anilines is 1. The number of methoxy groups -OCH3 is 2. The Morgan fingerprint density at radius 1 is 0.962 bits per heavy atom. The summed E-state index contributed by atoms with van der Waals surface area (Å²) in [7, 11) is 3.34. The van der Waals surface area contributed by atoms with Gasteiger partial charge in [0.15, 0.2) is 11.5 Å². The van der Waals surface area contributed by atoms with E-state index in [1.54, 1.807) is 26.4 Å². The van der Waals surface area contributed by atoms with Gasteiger partial charge in [0.05, 0.1) is 25.8 Å². The van der Waals surface area contributed by atoms with Gasteiger partial charge in [-0.05, 0) is 65.8 Å². The first-order valence-corrected chi connectivity index (χ1v) is 17.9. The zero-order valence-electron chi connectivity index (χ0n) is 30.1. The lowest BCUT2D eigenvalue weighted by Gasteiger charge is -2.48. The molecule has 0 unspecified atom stereocenters. The molecule has 0 bridgehead atoms. The monoisotopic (exact) mass is 707 g/mol. The summed E-state index contributed by atoms with van der Waals surface area (Å²) in [5.41, 5.74) is 5.31. The number of benzene rings is 3. The number of carboxylic acids is 1. The number of hydrogen-bond donors (Lipinski definition) is 2. The number of pyridine rings is 1. The van der Waals surface area contributed by atoms with Gasteiger partial charge in [-0.3, -0.25) is 9.80 Å². The number of hydrogen-bond acceptors (Lipinski definition) is 8. The van der Waals surface area contributed by atoms with Crippen LogP contribution in [0.3, 0.4) is 0 Å². The van der Waals surface area contributed by atoms with Crippen molar-refractivity contribution in [2.24, 2.45) is 0 Å². The maximum Gasteiger partial charge on any atom is 0.339 e. The zero-order chi connectivity index (χ0) is 36.4. The van der Waals surface area contributed by atoms with Gasteiger partial charge in [0, 0.05) is 69.3 Å². The van der Waals surface area contributed by atoms with E-state index in [1.807, 2.05) is 12.1 Å². The van der Waals surface area contributed by atoms with Crippen LogP contribution < -0.4 is 19.1 Å². The Balaban J connectivity index is 1.09. The summed E-state index contributed by atoms with van der Waals surface area (Å²) in [6.45, 7) is 9.85. The summed E-state index contributed by atoms with van der Waals surface area (Å²) in [6, 6.07) is 22.4. The lowest BCUT2D eigenvalue weighted by atomic mass is 9.89. The normalized spacial score (nSPS) is 17.5. The molecule has 2 aromatic heterocycles. The number of aromatic amines is 1. The van der Waals surface area contributed by atoms with E-state index >= 15 is 0 Å². The van der Waals surface area contributed by atoms with Crippen LogP contribution in [0.25, 0.3) is 11.0 Å². The molecule has 0 radical (unpaired) electrons. The van der Waals surface area contributed by atoms with Crippen molar-refractivity contribution >= 4 is 22.7 Å². The summed E-state index contributed by atoms with van der Waals surface area (Å²) in [6.07, 6.45) is 4.64. The van der Waals surface area contributed by atoms with Gasteiger partial charge in [-0.25, -0.2) is 14.2 Å². The lowest BCUT2D eigenvalue weighted by Crippen LogP contribution is -2.54. The molecule has 2 aliphatic rings. The third kappa shape index (κ3) is 7.29. The maximum absolute atomic E-state index is 14.2. The largest absolute Gasteiger partial charge is 0.493 e. The predicted molar refractivity (Wildman–Crippen MR) is 200 cm³/mol. The quantitative estimate of drug-likeness (QED) is 0.142. The van der Waals surface area contributed by atoms with E-state index in [-0.39, 0.29) is 28.5 Å². The number of piperidine rings is 1. The number of H-pyrrole nitrogens is 1. The number of aromatic nitrogens is 2. The number of carbonyl (C=O) groups is 1. The molecule has 52 heavy (non-hydrogen) atoms. The van der Waals surface area contributed by atoms with E-state index in [9.17, 15) is 14.3 Å². The first kappa shape index (κ1) is 35.3. The standard InChI is InChI=1S/C41H46FN5O5/c1-26(2)31-7-5-6-8-32(31)36-25-45(24-27-9-12-37(50-3)39(19-27)51-4)17-18-47(36)28-13-15-46(16-14-28)29-10-11-33(41(48)49)38(20-29)52-30-21-34-35(42)23-44-40(34)43-22-30/h5-12,19-23,26,28,36H,13-18,24-25H2,1-4H3,(H,43,44)(H,48,49)/t36-/m0/s1. The Morgan fingerprint density at radius 3 is 2.50 bits per heavy atom. The van der Waals surface area contributed by atoms with Gasteiger partial charge in [0.25, 0.3) is 0 Å². The maximum atomic E-state index is 14.2. The molecule has 10 nitrogen and oxygen atoms in total. The van der Waals surface area contributed by atoms with E-state index in [4.69, 9.17) is 14.2 Å². The molecule has 2 aliphatic heterocycles. The number of rotatable bonds is 11. The third-order valence-electron chi connectivity index (χ3n) is 10.5. The SMILES string of the molecule is COc1ccc(CN2CCN(C3CCN(c4ccc(C(=O)O)c(Oc5cnc6[nH]cc(F)c6c5)c4)CC3)[C@H](c3ccccc3C(C)C)C2)cc1OC. The van der Waals surface area contributed by atoms with Crippen LogP contribution in [0.15, 0.2) is 79.1 Å². The molecule has 1 atom stereocenters. The molecular weight excluding hydrogens is 661 g/mol. The van der Waals surface area contributed by atoms with Gasteiger partial charge < -0.3 is 29.2 Å². The van der Waals surface area contributed by atoms with Crippen LogP contribution in [0.5, 0.6) is 23.0 Å². The fourth-order valence-electron chi connectivity index (χ4n) is 7.85. The van der Waals surface area contributed by atoms with Crippen molar-refractivity contribution in [1.82, 2.24) is 19.8 Å². The number of aromatic carboxylic acids is 1. The zero-order valence-corrected chi connectivity index (χ0v) is 30.1. The fourth-order valence-corrected chi connectivity index (χ4v) is 7.85. The first-order chi connectivity index (χ1) is 25.2. The smallest absolute Gasteiger partial charge is 0.339 e. The highest BCUT2D eigenvalue weighted by Crippen LogP contribution is 2.38. The lowest BCUT2D eigenvalue weighted by molar-refractivity contribution is 0.0271. The van der Waals surface area contributed by atoms with Gasteiger partial charge in [-0.2, -0.15) is 0 Å². The number of ether oxygens (including phenoxy) is 3. The highest BCUT2D eigenvalue weighted by atomic mass is 19.1. The average molecular weight is 708 g/mol. The van der Waals surface area contributed by atoms with Crippen LogP contribution in [0, 0.1) is 5.82 Å². The highest BCUT2D eigenvalue weighted by Gasteiger charge is 2.36. The summed E-state index contributed by atoms with van der Waals surface area (Å²) in [5.74, 6) is 0.802. The summed E-state index contributed by atoms with van der Waals surface area (Å²) < 4.78 is 31.4. The number of piperazine rings is 1. The number of carboxylic acid groups (broad SMARTS) is 1. The van der Waals surface area contributed by atoms with Gasteiger partial charge in [-0.1, -0.05) is 44.2 Å². The minimum Gasteiger partial charge on any atom is -0.493 e. The molecule has 4 heterocycles. The fraction of sp³-hybridized carbons (Fsp3) is 0.366. The van der Waals surface area contributed by atoms with Crippen LogP contribution in [-0.4, -0.2) is 83.8 Å². The second kappa shape index (κ2) is 15.2. The molecule has 0 aliphatic carbocycles. The van der Waals surface area contributed by atoms with Crippen LogP contribution >= 0.6 is 0 Å². The molecule has 272 valence electrons. The Kier molecular flexibility index (Phi) is 10.3. The van der Waals surface area contributed by atoms with Crippen LogP contribution in [0.1, 0.15) is 65.7 Å². The number of nitrogens with zero attached hydrogens (tertiary/aromatic N) is 4. The molecule has 5 aromatic rings. The Bertz CT molecular complexity index is 2040. The molecule has 0 saturated carbocycles. The number of halogens is 1. The van der Waals surface area contributed by atoms with Gasteiger partial charge in [0.2, 0.25) is 0 Å². The molecule has 0 spiro atoms. The molecule has 2 fully saturated rings. The van der Waals surface area contributed by atoms with Crippen molar-refractivity contribution < 1.29 is 28.5 Å². The van der Waals surface area contributed by atoms with Crippen LogP contribution in [0.2, 0.25) is 0 Å². The van der Waals surface area contributed by atoms with E-state index in [0.29, 0.717) is 17.6 Å². The van der Waals surface area contributed by atoms with Crippen molar-refractivity contribution in [3.8, 4) is 23.0 Å². The minimum atomic E-state index is -1.10. The third-order valence-corrected chi connectivity index (χ3v) is 10.5. The summed E-state index contributed by atoms with van der Waals surface area (Å²) in [5, 5.41) is 10.2. The van der Waals surface area contributed by atoms with Crippen molar-refractivity contribution in [1.29, 1.82) is 0 Å². The topological polar surface area (TPSA) is 103 Å². The molecule has 7 rings (SSSR count). The van der Waals surface area contributed by atoms with Crippen molar-refractivity contribution in [3.63, 3.8) is 0 Å². The van der Waals surface area contributed by atoms with E-state index in [2.05, 4.69) is 74.9 Å². The second-order valence-electron chi connectivity index (χ2n) is 14.0. The summed E-state index contributed by atoms with van der Waals surface area (Å²) >= 11 is 0. The molecule has 0 amide bonds. The predicted octanol–water partition coefficient (Wildman–Crippen LogP) is 7.86. The van der Waals surface area contributed by atoms with E-state index in [0.717, 1.165) is 69.3 Å². The van der Waals surface area contributed by atoms with Crippen molar-refractivity contribution in [2.75, 3.05) is 51.8 Å². The number of nitrogens with one attached hydrogen (secondary N) is 1. The average Bonchev–Trinajstić information content (AvgIpc) is 3.54. The highest BCUT2D eigenvalue weighted by molar-refractivity contribution is 5.92. The number of fused-ring (bicyclic) bond motifs is 1. The van der Waals surface area contributed by atoms with Crippen LogP contribution in [0.4, 0.5) is 10.1 Å². The van der Waals surface area contributed by atoms with Gasteiger partial charge in [0.1, 0.15) is 28.5 Å². The van der Waals surface area contributed by atoms with E-state index in [1.165, 1.54) is 35.2 Å². The molecule has 11 heteroatoms. The van der Waals surface area contributed by atoms with Crippen molar-refractivity contribution in [3.05, 3.63) is 107 Å². The molecule has 2 saturated heterocycles.